The van der Waals surface area contributed by atoms with Crippen molar-refractivity contribution in [3.05, 3.63) is 70.4 Å². The molecule has 1 aliphatic rings. The number of allylic oxidation sites excluding steroid dienone is 1. The molecule has 0 spiro atoms. The Kier molecular flexibility index (Phi) is 2.87. The Morgan fingerprint density at radius 3 is 2.42 bits per heavy atom. The Bertz CT molecular complexity index is 692. The van der Waals surface area contributed by atoms with Gasteiger partial charge in [0.15, 0.2) is 0 Å². The van der Waals surface area contributed by atoms with E-state index in [2.05, 4.69) is 0 Å². The zero-order valence-corrected chi connectivity index (χ0v) is 10.7. The fraction of sp³-hybridized carbons (Fsp3) is 0. The first-order valence-electron chi connectivity index (χ1n) is 5.74. The van der Waals surface area contributed by atoms with Crippen LogP contribution in [0.4, 0.5) is 4.39 Å². The first kappa shape index (κ1) is 12.0. The summed E-state index contributed by atoms with van der Waals surface area (Å²) >= 11 is 1.36. The lowest BCUT2D eigenvalue weighted by atomic mass is 10.1. The highest BCUT2D eigenvalue weighted by Gasteiger charge is 2.27. The standard InChI is InChI=1S/C15H10FNOS/c16-10-7-5-9(6-8-10)13(17)15-14(18)11-3-1-2-4-12(11)19-15/h1-8H,17H2/b15-13+. The minimum atomic E-state index is -0.324. The molecule has 0 saturated heterocycles. The van der Waals surface area contributed by atoms with Gasteiger partial charge in [-0.3, -0.25) is 4.79 Å². The van der Waals surface area contributed by atoms with E-state index in [0.717, 1.165) is 4.90 Å². The smallest absolute Gasteiger partial charge is 0.202 e. The van der Waals surface area contributed by atoms with E-state index in [1.165, 1.54) is 23.9 Å². The molecule has 1 aliphatic heterocycles. The van der Waals surface area contributed by atoms with Crippen molar-refractivity contribution in [2.24, 2.45) is 5.73 Å². The molecule has 19 heavy (non-hydrogen) atoms. The van der Waals surface area contributed by atoms with Crippen molar-refractivity contribution in [3.8, 4) is 0 Å². The van der Waals surface area contributed by atoms with Crippen LogP contribution in [0.1, 0.15) is 15.9 Å². The van der Waals surface area contributed by atoms with Crippen LogP contribution in [0.5, 0.6) is 0 Å². The van der Waals surface area contributed by atoms with Gasteiger partial charge in [-0.05, 0) is 42.0 Å². The monoisotopic (exact) mass is 271 g/mol. The summed E-state index contributed by atoms with van der Waals surface area (Å²) in [5.74, 6) is -0.391. The van der Waals surface area contributed by atoms with Gasteiger partial charge in [0, 0.05) is 10.5 Å². The van der Waals surface area contributed by atoms with Crippen molar-refractivity contribution in [2.45, 2.75) is 4.90 Å². The topological polar surface area (TPSA) is 43.1 Å². The molecule has 2 aromatic carbocycles. The zero-order valence-electron chi connectivity index (χ0n) is 9.89. The summed E-state index contributed by atoms with van der Waals surface area (Å²) in [5.41, 5.74) is 7.76. The van der Waals surface area contributed by atoms with Gasteiger partial charge in [-0.25, -0.2) is 4.39 Å². The molecular weight excluding hydrogens is 261 g/mol. The van der Waals surface area contributed by atoms with Gasteiger partial charge in [0.05, 0.1) is 10.6 Å². The molecule has 3 rings (SSSR count). The molecule has 0 amide bonds. The Morgan fingerprint density at radius 1 is 1.05 bits per heavy atom. The molecule has 0 atom stereocenters. The fourth-order valence-electron chi connectivity index (χ4n) is 1.96. The van der Waals surface area contributed by atoms with Crippen LogP contribution in [-0.2, 0) is 0 Å². The number of benzene rings is 2. The minimum Gasteiger partial charge on any atom is -0.397 e. The number of hydrogen-bond acceptors (Lipinski definition) is 3. The summed E-state index contributed by atoms with van der Waals surface area (Å²) in [5, 5.41) is 0. The first-order chi connectivity index (χ1) is 9.16. The number of carbonyl (C=O) groups excluding carboxylic acids is 1. The number of nitrogens with two attached hydrogens (primary N) is 1. The van der Waals surface area contributed by atoms with Gasteiger partial charge in [-0.15, -0.1) is 0 Å². The molecule has 94 valence electrons. The van der Waals surface area contributed by atoms with Crippen molar-refractivity contribution in [3.63, 3.8) is 0 Å². The number of hydrogen-bond donors (Lipinski definition) is 1. The van der Waals surface area contributed by atoms with Crippen LogP contribution in [0.2, 0.25) is 0 Å². The summed E-state index contributed by atoms with van der Waals surface area (Å²) in [6.07, 6.45) is 0. The first-order valence-corrected chi connectivity index (χ1v) is 6.56. The lowest BCUT2D eigenvalue weighted by molar-refractivity contribution is 0.104. The van der Waals surface area contributed by atoms with Crippen LogP contribution in [0.15, 0.2) is 58.3 Å². The lowest BCUT2D eigenvalue weighted by Gasteiger charge is -2.04. The highest BCUT2D eigenvalue weighted by atomic mass is 32.2. The SMILES string of the molecule is N/C(=C1/Sc2ccccc2C1=O)c1ccc(F)cc1. The molecule has 0 fully saturated rings. The average molecular weight is 271 g/mol. The summed E-state index contributed by atoms with van der Waals surface area (Å²) in [6, 6.07) is 13.2. The summed E-state index contributed by atoms with van der Waals surface area (Å²) in [6.45, 7) is 0. The molecule has 1 heterocycles. The van der Waals surface area contributed by atoms with E-state index in [1.54, 1.807) is 18.2 Å². The van der Waals surface area contributed by atoms with Crippen LogP contribution in [-0.4, -0.2) is 5.78 Å². The lowest BCUT2D eigenvalue weighted by Crippen LogP contribution is -2.04. The van der Waals surface area contributed by atoms with E-state index in [9.17, 15) is 9.18 Å². The average Bonchev–Trinajstić information content (AvgIpc) is 2.77. The highest BCUT2D eigenvalue weighted by molar-refractivity contribution is 8.05. The molecule has 0 radical (unpaired) electrons. The largest absolute Gasteiger partial charge is 0.397 e. The fourth-order valence-corrected chi connectivity index (χ4v) is 3.03. The van der Waals surface area contributed by atoms with E-state index in [1.807, 2.05) is 18.2 Å². The molecular formula is C15H10FNOS. The maximum Gasteiger partial charge on any atom is 0.202 e. The quantitative estimate of drug-likeness (QED) is 0.808. The van der Waals surface area contributed by atoms with Crippen molar-refractivity contribution in [1.29, 1.82) is 0 Å². The van der Waals surface area contributed by atoms with E-state index in [-0.39, 0.29) is 11.6 Å². The second kappa shape index (κ2) is 4.55. The third-order valence-corrected chi connectivity index (χ3v) is 4.14. The number of thioether (sulfide) groups is 1. The van der Waals surface area contributed by atoms with E-state index >= 15 is 0 Å². The predicted molar refractivity (Wildman–Crippen MR) is 74.1 cm³/mol. The van der Waals surface area contributed by atoms with Crippen molar-refractivity contribution in [2.75, 3.05) is 0 Å². The Morgan fingerprint density at radius 2 is 1.74 bits per heavy atom. The molecule has 0 saturated carbocycles. The normalized spacial score (nSPS) is 16.4. The molecule has 4 heteroatoms. The second-order valence-electron chi connectivity index (χ2n) is 4.18. The summed E-state index contributed by atoms with van der Waals surface area (Å²) < 4.78 is 12.9. The number of carbonyl (C=O) groups is 1. The third kappa shape index (κ3) is 2.04. The van der Waals surface area contributed by atoms with E-state index in [0.29, 0.717) is 21.7 Å². The molecule has 2 aromatic rings. The molecule has 0 aliphatic carbocycles. The van der Waals surface area contributed by atoms with Crippen LogP contribution in [0.25, 0.3) is 5.70 Å². The van der Waals surface area contributed by atoms with E-state index < -0.39 is 0 Å². The van der Waals surface area contributed by atoms with Crippen LogP contribution in [0, 0.1) is 5.82 Å². The van der Waals surface area contributed by atoms with Gasteiger partial charge in [-0.1, -0.05) is 23.9 Å². The molecule has 0 bridgehead atoms. The van der Waals surface area contributed by atoms with Gasteiger partial charge in [0.1, 0.15) is 5.82 Å². The van der Waals surface area contributed by atoms with Crippen molar-refractivity contribution >= 4 is 23.2 Å². The Balaban J connectivity index is 2.06. The zero-order chi connectivity index (χ0) is 13.4. The van der Waals surface area contributed by atoms with Gasteiger partial charge in [0.2, 0.25) is 5.78 Å². The van der Waals surface area contributed by atoms with Crippen molar-refractivity contribution < 1.29 is 9.18 Å². The van der Waals surface area contributed by atoms with E-state index in [4.69, 9.17) is 5.73 Å². The van der Waals surface area contributed by atoms with Gasteiger partial charge in [0.25, 0.3) is 0 Å². The van der Waals surface area contributed by atoms with Gasteiger partial charge >= 0.3 is 0 Å². The van der Waals surface area contributed by atoms with Crippen molar-refractivity contribution in [1.82, 2.24) is 0 Å². The van der Waals surface area contributed by atoms with Crippen LogP contribution in [0.3, 0.4) is 0 Å². The number of rotatable bonds is 1. The second-order valence-corrected chi connectivity index (χ2v) is 5.23. The third-order valence-electron chi connectivity index (χ3n) is 2.95. The Hall–Kier alpha value is -2.07. The summed E-state index contributed by atoms with van der Waals surface area (Å²) in [7, 11) is 0. The molecule has 2 N–H and O–H groups in total. The number of ketones is 1. The van der Waals surface area contributed by atoms with Gasteiger partial charge in [-0.2, -0.15) is 0 Å². The minimum absolute atomic E-state index is 0.0672. The van der Waals surface area contributed by atoms with Gasteiger partial charge < -0.3 is 5.73 Å². The van der Waals surface area contributed by atoms with Crippen LogP contribution >= 0.6 is 11.8 Å². The number of fused-ring (bicyclic) bond motifs is 1. The number of halogens is 1. The molecule has 2 nitrogen and oxygen atoms in total. The summed E-state index contributed by atoms with van der Waals surface area (Å²) in [4.78, 5) is 13.7. The maximum atomic E-state index is 12.9. The predicted octanol–water partition coefficient (Wildman–Crippen LogP) is 3.44. The molecule has 0 unspecified atom stereocenters. The van der Waals surface area contributed by atoms with Crippen LogP contribution < -0.4 is 5.73 Å². The maximum absolute atomic E-state index is 12.9. The highest BCUT2D eigenvalue weighted by Crippen LogP contribution is 2.42. The Labute approximate surface area is 114 Å². The molecule has 0 aromatic heterocycles. The number of Topliss-reactive ketones (excluding diaryl/α,β-unsaturated/α-hetero) is 1.